The van der Waals surface area contributed by atoms with Crippen LogP contribution in [0.4, 0.5) is 0 Å². The van der Waals surface area contributed by atoms with Crippen LogP contribution in [0.25, 0.3) is 0 Å². The van der Waals surface area contributed by atoms with Gasteiger partial charge in [0.2, 0.25) is 0 Å². The third-order valence-electron chi connectivity index (χ3n) is 3.54. The number of benzene rings is 1. The number of hydrogen-bond acceptors (Lipinski definition) is 1. The maximum Gasteiger partial charge on any atom is 0.0228 e. The monoisotopic (exact) mass is 228 g/mol. The van der Waals surface area contributed by atoms with Crippen molar-refractivity contribution < 1.29 is 0 Å². The van der Waals surface area contributed by atoms with Gasteiger partial charge in [0.25, 0.3) is 0 Å². The van der Waals surface area contributed by atoms with E-state index in [1.54, 1.807) is 5.57 Å². The zero-order chi connectivity index (χ0) is 11.0. The van der Waals surface area contributed by atoms with Crippen molar-refractivity contribution in [3.63, 3.8) is 0 Å². The van der Waals surface area contributed by atoms with Crippen molar-refractivity contribution in [3.8, 4) is 0 Å². The lowest BCUT2D eigenvalue weighted by molar-refractivity contribution is 0.813. The zero-order valence-electron chi connectivity index (χ0n) is 9.52. The second kappa shape index (κ2) is 4.14. The Morgan fingerprint density at radius 2 is 1.94 bits per heavy atom. The second-order valence-corrected chi connectivity index (χ2v) is 5.69. The van der Waals surface area contributed by atoms with Crippen LogP contribution in [0.15, 0.2) is 53.6 Å². The SMILES string of the molecule is CC1=C[C@H]2CSCC2=C[C@H]1c1ccccc1. The van der Waals surface area contributed by atoms with E-state index in [1.807, 2.05) is 0 Å². The van der Waals surface area contributed by atoms with E-state index in [1.165, 1.54) is 22.6 Å². The van der Waals surface area contributed by atoms with Crippen molar-refractivity contribution in [1.29, 1.82) is 0 Å². The molecule has 0 unspecified atom stereocenters. The molecule has 0 spiro atoms. The second-order valence-electron chi connectivity index (χ2n) is 4.66. The van der Waals surface area contributed by atoms with E-state index < -0.39 is 0 Å². The van der Waals surface area contributed by atoms with Gasteiger partial charge in [-0.05, 0) is 12.5 Å². The fourth-order valence-corrected chi connectivity index (χ4v) is 3.86. The molecule has 2 aliphatic rings. The number of allylic oxidation sites excluding steroid dienone is 3. The maximum atomic E-state index is 2.50. The molecule has 1 heterocycles. The summed E-state index contributed by atoms with van der Waals surface area (Å²) < 4.78 is 0. The molecule has 0 bridgehead atoms. The fourth-order valence-electron chi connectivity index (χ4n) is 2.63. The third kappa shape index (κ3) is 1.73. The zero-order valence-corrected chi connectivity index (χ0v) is 10.3. The Hall–Kier alpha value is -0.950. The van der Waals surface area contributed by atoms with Gasteiger partial charge in [0.15, 0.2) is 0 Å². The average molecular weight is 228 g/mol. The number of thioether (sulfide) groups is 1. The summed E-state index contributed by atoms with van der Waals surface area (Å²) >= 11 is 2.07. The van der Waals surface area contributed by atoms with Gasteiger partial charge in [-0.1, -0.05) is 53.6 Å². The fraction of sp³-hybridized carbons (Fsp3) is 0.333. The average Bonchev–Trinajstić information content (AvgIpc) is 2.76. The van der Waals surface area contributed by atoms with Crippen molar-refractivity contribution in [2.24, 2.45) is 5.92 Å². The molecule has 1 fully saturated rings. The standard InChI is InChI=1S/C15H16S/c1-11-7-13-9-16-10-14(13)8-15(11)12-5-3-2-4-6-12/h2-8,13,15H,9-10H2,1H3/t13-,15+/m0/s1. The van der Waals surface area contributed by atoms with Crippen LogP contribution in [-0.4, -0.2) is 11.5 Å². The molecule has 0 aromatic heterocycles. The highest BCUT2D eigenvalue weighted by Gasteiger charge is 2.26. The number of rotatable bonds is 1. The van der Waals surface area contributed by atoms with Crippen LogP contribution < -0.4 is 0 Å². The molecule has 1 heteroatoms. The molecule has 0 nitrogen and oxygen atoms in total. The summed E-state index contributed by atoms with van der Waals surface area (Å²) in [6.07, 6.45) is 4.97. The van der Waals surface area contributed by atoms with E-state index in [-0.39, 0.29) is 0 Å². The first-order valence-corrected chi connectivity index (χ1v) is 7.01. The van der Waals surface area contributed by atoms with Gasteiger partial charge in [-0.15, -0.1) is 0 Å². The first-order valence-electron chi connectivity index (χ1n) is 5.86. The highest BCUT2D eigenvalue weighted by molar-refractivity contribution is 7.99. The van der Waals surface area contributed by atoms with Gasteiger partial charge in [-0.3, -0.25) is 0 Å². The van der Waals surface area contributed by atoms with E-state index in [0.717, 1.165) is 5.92 Å². The predicted molar refractivity (Wildman–Crippen MR) is 71.8 cm³/mol. The van der Waals surface area contributed by atoms with Crippen molar-refractivity contribution in [2.45, 2.75) is 12.8 Å². The minimum atomic E-state index is 0.520. The van der Waals surface area contributed by atoms with Crippen molar-refractivity contribution in [2.75, 3.05) is 11.5 Å². The molecule has 2 atom stereocenters. The van der Waals surface area contributed by atoms with Crippen LogP contribution in [-0.2, 0) is 0 Å². The predicted octanol–water partition coefficient (Wildman–Crippen LogP) is 4.02. The van der Waals surface area contributed by atoms with Crippen LogP contribution in [0.5, 0.6) is 0 Å². The first-order chi connectivity index (χ1) is 7.84. The normalized spacial score (nSPS) is 28.3. The van der Waals surface area contributed by atoms with Gasteiger partial charge in [0.1, 0.15) is 0 Å². The Balaban J connectivity index is 1.97. The van der Waals surface area contributed by atoms with E-state index in [0.29, 0.717) is 5.92 Å². The summed E-state index contributed by atoms with van der Waals surface area (Å²) in [7, 11) is 0. The molecule has 1 aliphatic carbocycles. The maximum absolute atomic E-state index is 2.50. The molecular weight excluding hydrogens is 212 g/mol. The molecule has 3 rings (SSSR count). The van der Waals surface area contributed by atoms with Crippen LogP contribution in [0, 0.1) is 5.92 Å². The molecule has 16 heavy (non-hydrogen) atoms. The molecule has 0 amide bonds. The molecule has 0 saturated carbocycles. The Morgan fingerprint density at radius 1 is 1.12 bits per heavy atom. The summed E-state index contributed by atoms with van der Waals surface area (Å²) in [6.45, 7) is 2.27. The quantitative estimate of drug-likeness (QED) is 0.654. The Labute approximate surface area is 101 Å². The molecule has 1 aliphatic heterocycles. The lowest BCUT2D eigenvalue weighted by Crippen LogP contribution is -2.10. The third-order valence-corrected chi connectivity index (χ3v) is 4.67. The van der Waals surface area contributed by atoms with E-state index in [4.69, 9.17) is 0 Å². The van der Waals surface area contributed by atoms with Gasteiger partial charge < -0.3 is 0 Å². The van der Waals surface area contributed by atoms with E-state index in [2.05, 4.69) is 61.2 Å². The van der Waals surface area contributed by atoms with Crippen LogP contribution >= 0.6 is 11.8 Å². The summed E-state index contributed by atoms with van der Waals surface area (Å²) in [5.41, 5.74) is 4.59. The summed E-state index contributed by atoms with van der Waals surface area (Å²) in [6, 6.07) is 10.8. The number of fused-ring (bicyclic) bond motifs is 1. The lowest BCUT2D eigenvalue weighted by Gasteiger charge is -2.23. The lowest BCUT2D eigenvalue weighted by atomic mass is 9.81. The minimum Gasteiger partial charge on any atom is -0.157 e. The molecule has 0 N–H and O–H groups in total. The van der Waals surface area contributed by atoms with Crippen LogP contribution in [0.1, 0.15) is 18.4 Å². The number of hydrogen-bond donors (Lipinski definition) is 0. The van der Waals surface area contributed by atoms with Crippen LogP contribution in [0.2, 0.25) is 0 Å². The Bertz CT molecular complexity index is 442. The molecule has 82 valence electrons. The first kappa shape index (κ1) is 10.2. The highest BCUT2D eigenvalue weighted by atomic mass is 32.2. The summed E-state index contributed by atoms with van der Waals surface area (Å²) in [5.74, 6) is 3.76. The van der Waals surface area contributed by atoms with Gasteiger partial charge >= 0.3 is 0 Å². The minimum absolute atomic E-state index is 0.520. The topological polar surface area (TPSA) is 0 Å². The van der Waals surface area contributed by atoms with Gasteiger partial charge in [0.05, 0.1) is 0 Å². The van der Waals surface area contributed by atoms with Gasteiger partial charge in [-0.25, -0.2) is 0 Å². The smallest absolute Gasteiger partial charge is 0.0228 e. The van der Waals surface area contributed by atoms with Crippen molar-refractivity contribution in [1.82, 2.24) is 0 Å². The molecule has 1 saturated heterocycles. The summed E-state index contributed by atoms with van der Waals surface area (Å²) in [5, 5.41) is 0. The van der Waals surface area contributed by atoms with Crippen LogP contribution in [0.3, 0.4) is 0 Å². The van der Waals surface area contributed by atoms with Crippen molar-refractivity contribution in [3.05, 3.63) is 59.2 Å². The molecular formula is C15H16S. The molecule has 1 aromatic carbocycles. The van der Waals surface area contributed by atoms with E-state index in [9.17, 15) is 0 Å². The Kier molecular flexibility index (Phi) is 2.64. The summed E-state index contributed by atoms with van der Waals surface area (Å²) in [4.78, 5) is 0. The van der Waals surface area contributed by atoms with Gasteiger partial charge in [-0.2, -0.15) is 11.8 Å². The van der Waals surface area contributed by atoms with Gasteiger partial charge in [0, 0.05) is 23.3 Å². The Morgan fingerprint density at radius 3 is 2.75 bits per heavy atom. The molecule has 1 aromatic rings. The largest absolute Gasteiger partial charge is 0.157 e. The van der Waals surface area contributed by atoms with E-state index >= 15 is 0 Å². The van der Waals surface area contributed by atoms with Crippen molar-refractivity contribution >= 4 is 11.8 Å². The molecule has 0 radical (unpaired) electrons. The highest BCUT2D eigenvalue weighted by Crippen LogP contribution is 2.40.